The summed E-state index contributed by atoms with van der Waals surface area (Å²) in [4.78, 5) is 12.6. The minimum absolute atomic E-state index is 0.0833. The van der Waals surface area contributed by atoms with E-state index in [1.807, 2.05) is 24.3 Å². The summed E-state index contributed by atoms with van der Waals surface area (Å²) in [6.45, 7) is -0.447. The van der Waals surface area contributed by atoms with E-state index in [0.717, 1.165) is 11.3 Å². The first kappa shape index (κ1) is 19.6. The first-order chi connectivity index (χ1) is 12.0. The molecular weight excluding hydrogens is 328 g/mol. The third kappa shape index (κ3) is 4.90. The molecule has 1 heterocycles. The molecule has 1 aliphatic heterocycles. The predicted octanol–water partition coefficient (Wildman–Crippen LogP) is -1.58. The quantitative estimate of drug-likeness (QED) is 0.401. The number of aliphatic hydroxyl groups is 3. The molecule has 1 amide bonds. The van der Waals surface area contributed by atoms with Crippen LogP contribution in [0.1, 0.15) is 5.56 Å². The van der Waals surface area contributed by atoms with Crippen LogP contribution in [0, 0.1) is 0 Å². The van der Waals surface area contributed by atoms with Gasteiger partial charge in [-0.2, -0.15) is 0 Å². The predicted molar refractivity (Wildman–Crippen MR) is 90.3 cm³/mol. The molecule has 8 heteroatoms. The normalized spacial score (nSPS) is 27.6. The molecule has 5 atom stereocenters. The van der Waals surface area contributed by atoms with E-state index in [0.29, 0.717) is 6.42 Å². The monoisotopic (exact) mass is 354 g/mol. The zero-order valence-corrected chi connectivity index (χ0v) is 14.4. The second-order valence-electron chi connectivity index (χ2n) is 6.04. The van der Waals surface area contributed by atoms with Crippen molar-refractivity contribution in [3.05, 3.63) is 29.8 Å². The highest BCUT2D eigenvalue weighted by Gasteiger charge is 2.40. The van der Waals surface area contributed by atoms with Crippen molar-refractivity contribution in [2.45, 2.75) is 36.8 Å². The molecule has 0 unspecified atom stereocenters. The number of hydrogen-bond acceptors (Lipinski definition) is 7. The van der Waals surface area contributed by atoms with Gasteiger partial charge in [-0.25, -0.2) is 0 Å². The highest BCUT2D eigenvalue weighted by Crippen LogP contribution is 2.16. The van der Waals surface area contributed by atoms with Crippen molar-refractivity contribution in [3.8, 4) is 5.75 Å². The first-order valence-electron chi connectivity index (χ1n) is 8.19. The van der Waals surface area contributed by atoms with Crippen LogP contribution in [0.4, 0.5) is 0 Å². The Morgan fingerprint density at radius 3 is 2.60 bits per heavy atom. The van der Waals surface area contributed by atoms with Crippen LogP contribution in [-0.2, 0) is 16.0 Å². The fourth-order valence-electron chi connectivity index (χ4n) is 2.82. The maximum Gasteiger partial charge on any atom is 0.237 e. The van der Waals surface area contributed by atoms with Crippen LogP contribution < -0.4 is 15.4 Å². The van der Waals surface area contributed by atoms with E-state index in [4.69, 9.17) is 9.47 Å². The summed E-state index contributed by atoms with van der Waals surface area (Å²) < 4.78 is 10.4. The Bertz CT molecular complexity index is 551. The van der Waals surface area contributed by atoms with Gasteiger partial charge in [-0.05, 0) is 31.2 Å². The Hall–Kier alpha value is -1.71. The molecule has 8 nitrogen and oxygen atoms in total. The molecule has 0 aromatic heterocycles. The molecule has 0 bridgehead atoms. The van der Waals surface area contributed by atoms with Crippen LogP contribution in [0.3, 0.4) is 0 Å². The number of methoxy groups -OCH3 is 1. The average molecular weight is 354 g/mol. The molecule has 25 heavy (non-hydrogen) atoms. The Morgan fingerprint density at radius 2 is 2.04 bits per heavy atom. The van der Waals surface area contributed by atoms with Gasteiger partial charge < -0.3 is 35.4 Å². The van der Waals surface area contributed by atoms with E-state index < -0.39 is 30.4 Å². The maximum atomic E-state index is 12.6. The fourth-order valence-corrected chi connectivity index (χ4v) is 2.82. The summed E-state index contributed by atoms with van der Waals surface area (Å²) in [6.07, 6.45) is -2.64. The number of rotatable bonds is 7. The SMILES string of the molecule is CN[C@H](Cc1ccc(OC)cc1)C(=O)N[C@@H]1[C@@H](O)[C@H](O)CO[C@H]1CO. The van der Waals surface area contributed by atoms with E-state index in [9.17, 15) is 20.1 Å². The molecule has 1 fully saturated rings. The molecule has 2 rings (SSSR count). The van der Waals surface area contributed by atoms with E-state index in [1.165, 1.54) is 0 Å². The van der Waals surface area contributed by atoms with Gasteiger partial charge in [0.1, 0.15) is 24.1 Å². The standard InChI is InChI=1S/C17H26N2O6/c1-18-12(7-10-3-5-11(24-2)6-4-10)17(23)19-15-14(8-20)25-9-13(21)16(15)22/h3-6,12-16,18,20-22H,7-9H2,1-2H3,(H,19,23)/t12-,13-,14+,15+,16+/m1/s1. The molecule has 0 spiro atoms. The number of hydrogen-bond donors (Lipinski definition) is 5. The molecule has 140 valence electrons. The zero-order chi connectivity index (χ0) is 18.4. The minimum atomic E-state index is -1.20. The van der Waals surface area contributed by atoms with E-state index in [1.54, 1.807) is 14.2 Å². The number of nitrogens with one attached hydrogen (secondary N) is 2. The molecule has 1 aromatic rings. The van der Waals surface area contributed by atoms with Gasteiger partial charge in [0, 0.05) is 0 Å². The van der Waals surface area contributed by atoms with Crippen molar-refractivity contribution in [1.82, 2.24) is 10.6 Å². The number of carbonyl (C=O) groups is 1. The summed E-state index contributed by atoms with van der Waals surface area (Å²) in [5, 5.41) is 34.8. The number of ether oxygens (including phenoxy) is 2. The number of aliphatic hydroxyl groups excluding tert-OH is 3. The van der Waals surface area contributed by atoms with Crippen molar-refractivity contribution in [3.63, 3.8) is 0 Å². The van der Waals surface area contributed by atoms with Crippen molar-refractivity contribution in [2.75, 3.05) is 27.4 Å². The lowest BCUT2D eigenvalue weighted by atomic mass is 9.96. The van der Waals surface area contributed by atoms with Gasteiger partial charge in [0.2, 0.25) is 5.91 Å². The van der Waals surface area contributed by atoms with Gasteiger partial charge >= 0.3 is 0 Å². The molecule has 5 N–H and O–H groups in total. The Balaban J connectivity index is 2.02. The van der Waals surface area contributed by atoms with Gasteiger partial charge in [0.05, 0.1) is 32.4 Å². The number of amides is 1. The van der Waals surface area contributed by atoms with Crippen LogP contribution in [0.2, 0.25) is 0 Å². The van der Waals surface area contributed by atoms with Crippen molar-refractivity contribution < 1.29 is 29.6 Å². The third-order valence-electron chi connectivity index (χ3n) is 4.40. The molecular formula is C17H26N2O6. The Labute approximate surface area is 146 Å². The van der Waals surface area contributed by atoms with Crippen LogP contribution in [0.15, 0.2) is 24.3 Å². The van der Waals surface area contributed by atoms with Gasteiger partial charge in [-0.3, -0.25) is 4.79 Å². The largest absolute Gasteiger partial charge is 0.497 e. The molecule has 1 aliphatic rings. The number of carbonyl (C=O) groups excluding carboxylic acids is 1. The van der Waals surface area contributed by atoms with Gasteiger partial charge in [-0.1, -0.05) is 12.1 Å². The summed E-state index contributed by atoms with van der Waals surface area (Å²) in [7, 11) is 3.25. The smallest absolute Gasteiger partial charge is 0.237 e. The van der Waals surface area contributed by atoms with Crippen LogP contribution >= 0.6 is 0 Å². The lowest BCUT2D eigenvalue weighted by Gasteiger charge is -2.38. The molecule has 0 saturated carbocycles. The Kier molecular flexibility index (Phi) is 7.15. The first-order valence-corrected chi connectivity index (χ1v) is 8.19. The molecule has 0 radical (unpaired) electrons. The summed E-state index contributed by atoms with van der Waals surface area (Å²) in [5.74, 6) is 0.384. The van der Waals surface area contributed by atoms with Crippen molar-refractivity contribution in [1.29, 1.82) is 0 Å². The minimum Gasteiger partial charge on any atom is -0.497 e. The number of benzene rings is 1. The van der Waals surface area contributed by atoms with E-state index in [2.05, 4.69) is 10.6 Å². The average Bonchev–Trinajstić information content (AvgIpc) is 2.64. The molecule has 0 aliphatic carbocycles. The lowest BCUT2D eigenvalue weighted by molar-refractivity contribution is -0.157. The van der Waals surface area contributed by atoms with Crippen LogP contribution in [-0.4, -0.2) is 79.0 Å². The second-order valence-corrected chi connectivity index (χ2v) is 6.04. The highest BCUT2D eigenvalue weighted by molar-refractivity contribution is 5.82. The summed E-state index contributed by atoms with van der Waals surface area (Å²) >= 11 is 0. The van der Waals surface area contributed by atoms with Crippen LogP contribution in [0.5, 0.6) is 5.75 Å². The van der Waals surface area contributed by atoms with E-state index >= 15 is 0 Å². The zero-order valence-electron chi connectivity index (χ0n) is 14.4. The molecule has 1 saturated heterocycles. The topological polar surface area (TPSA) is 120 Å². The van der Waals surface area contributed by atoms with Gasteiger partial charge in [-0.15, -0.1) is 0 Å². The molecule has 1 aromatic carbocycles. The van der Waals surface area contributed by atoms with E-state index in [-0.39, 0.29) is 19.1 Å². The van der Waals surface area contributed by atoms with Crippen molar-refractivity contribution in [2.24, 2.45) is 0 Å². The fraction of sp³-hybridized carbons (Fsp3) is 0.588. The van der Waals surface area contributed by atoms with Gasteiger partial charge in [0.15, 0.2) is 0 Å². The van der Waals surface area contributed by atoms with Crippen molar-refractivity contribution >= 4 is 5.91 Å². The highest BCUT2D eigenvalue weighted by atomic mass is 16.5. The number of likely N-dealkylation sites (N-methyl/N-ethyl adjacent to an activating group) is 1. The maximum absolute atomic E-state index is 12.6. The summed E-state index contributed by atoms with van der Waals surface area (Å²) in [6, 6.07) is 5.95. The second kappa shape index (κ2) is 9.12. The lowest BCUT2D eigenvalue weighted by Crippen LogP contribution is -2.63. The Morgan fingerprint density at radius 1 is 1.36 bits per heavy atom. The summed E-state index contributed by atoms with van der Waals surface area (Å²) in [5.41, 5.74) is 0.939. The van der Waals surface area contributed by atoms with Gasteiger partial charge in [0.25, 0.3) is 0 Å². The van der Waals surface area contributed by atoms with Crippen LogP contribution in [0.25, 0.3) is 0 Å². The third-order valence-corrected chi connectivity index (χ3v) is 4.40.